The van der Waals surface area contributed by atoms with Gasteiger partial charge in [-0.2, -0.15) is 0 Å². The number of benzene rings is 2. The maximum absolute atomic E-state index is 14.1. The van der Waals surface area contributed by atoms with E-state index < -0.39 is 5.41 Å². The van der Waals surface area contributed by atoms with Gasteiger partial charge in [-0.15, -0.1) is 0 Å². The maximum Gasteiger partial charge on any atom is 0.319 e. The van der Waals surface area contributed by atoms with Crippen molar-refractivity contribution in [1.29, 1.82) is 0 Å². The summed E-state index contributed by atoms with van der Waals surface area (Å²) in [7, 11) is 3.08. The van der Waals surface area contributed by atoms with Gasteiger partial charge in [0.25, 0.3) is 0 Å². The number of esters is 2. The van der Waals surface area contributed by atoms with Crippen molar-refractivity contribution >= 4 is 33.7 Å². The maximum atomic E-state index is 14.1. The number of hydrogen-bond acceptors (Lipinski definition) is 6. The van der Waals surface area contributed by atoms with Crippen LogP contribution in [0.15, 0.2) is 54.1 Å². The Morgan fingerprint density at radius 1 is 1.02 bits per heavy atom. The summed E-state index contributed by atoms with van der Waals surface area (Å²) in [4.78, 5) is 38.0. The summed E-state index contributed by atoms with van der Waals surface area (Å²) in [6.07, 6.45) is 7.78. The predicted molar refractivity (Wildman–Crippen MR) is 191 cm³/mol. The minimum atomic E-state index is -0.676. The topological polar surface area (TPSA) is 99.5 Å². The van der Waals surface area contributed by atoms with Gasteiger partial charge in [0, 0.05) is 70.8 Å². The number of nitrogens with one attached hydrogen (secondary N) is 3. The average molecular weight is 661 g/mol. The molecule has 1 saturated carbocycles. The van der Waals surface area contributed by atoms with Crippen LogP contribution in [0, 0.1) is 23.7 Å². The fourth-order valence-electron chi connectivity index (χ4n) is 11.5. The number of ether oxygens (including phenoxy) is 2. The molecule has 8 nitrogen and oxygen atoms in total. The normalized spacial score (nSPS) is 34.2. The summed E-state index contributed by atoms with van der Waals surface area (Å²) in [6.45, 7) is 7.20. The molecule has 1 unspecified atom stereocenters. The molecule has 9 atom stereocenters. The van der Waals surface area contributed by atoms with E-state index in [1.807, 2.05) is 0 Å². The van der Waals surface area contributed by atoms with Crippen LogP contribution < -0.4 is 5.32 Å². The van der Waals surface area contributed by atoms with E-state index in [-0.39, 0.29) is 41.8 Å². The summed E-state index contributed by atoms with van der Waals surface area (Å²) < 4.78 is 11.2. The van der Waals surface area contributed by atoms with Crippen molar-refractivity contribution in [3.8, 4) is 0 Å². The molecule has 8 heteroatoms. The zero-order valence-corrected chi connectivity index (χ0v) is 29.1. The molecule has 0 spiro atoms. The predicted octanol–water partition coefficient (Wildman–Crippen LogP) is 6.14. The summed E-state index contributed by atoms with van der Waals surface area (Å²) in [5.41, 5.74) is 8.93. The number of fused-ring (bicyclic) bond motifs is 9. The number of carbonyl (C=O) groups excluding carboxylic acids is 2. The van der Waals surface area contributed by atoms with Gasteiger partial charge in [0.15, 0.2) is 0 Å². The molecule has 6 bridgehead atoms. The molecule has 256 valence electrons. The number of aromatic nitrogens is 2. The number of piperidine rings is 3. The van der Waals surface area contributed by atoms with Crippen molar-refractivity contribution in [3.63, 3.8) is 0 Å². The first kappa shape index (κ1) is 31.1. The van der Waals surface area contributed by atoms with Crippen molar-refractivity contribution in [3.05, 3.63) is 82.2 Å². The summed E-state index contributed by atoms with van der Waals surface area (Å²) in [5.74, 6) is 0.582. The van der Waals surface area contributed by atoms with Gasteiger partial charge in [-0.05, 0) is 85.6 Å². The molecule has 3 saturated heterocycles. The summed E-state index contributed by atoms with van der Waals surface area (Å²) in [6, 6.07) is 15.7. The largest absolute Gasteiger partial charge is 0.469 e. The van der Waals surface area contributed by atoms with E-state index in [1.165, 1.54) is 52.3 Å². The Morgan fingerprint density at radius 2 is 1.86 bits per heavy atom. The van der Waals surface area contributed by atoms with Crippen LogP contribution in [0.25, 0.3) is 21.8 Å². The number of rotatable bonds is 4. The molecule has 4 fully saturated rings. The first-order valence-electron chi connectivity index (χ1n) is 18.4. The minimum absolute atomic E-state index is 0.00606. The highest BCUT2D eigenvalue weighted by molar-refractivity contribution is 5.92. The Kier molecular flexibility index (Phi) is 7.36. The number of para-hydroxylation sites is 1. The smallest absolute Gasteiger partial charge is 0.319 e. The van der Waals surface area contributed by atoms with Gasteiger partial charge in [-0.3, -0.25) is 14.5 Å². The summed E-state index contributed by atoms with van der Waals surface area (Å²) >= 11 is 0. The van der Waals surface area contributed by atoms with Crippen molar-refractivity contribution in [2.75, 3.05) is 33.9 Å². The lowest BCUT2D eigenvalue weighted by Crippen LogP contribution is -2.67. The highest BCUT2D eigenvalue weighted by atomic mass is 16.5. The van der Waals surface area contributed by atoms with Crippen LogP contribution in [0.1, 0.15) is 73.5 Å². The van der Waals surface area contributed by atoms with E-state index in [2.05, 4.69) is 82.6 Å². The molecule has 6 heterocycles. The number of nitrogens with zero attached hydrogens (tertiary/aromatic N) is 1. The molecule has 3 N–H and O–H groups in total. The Morgan fingerprint density at radius 3 is 2.65 bits per heavy atom. The van der Waals surface area contributed by atoms with Crippen LogP contribution in [-0.4, -0.2) is 72.7 Å². The fraction of sp³-hybridized carbons (Fsp3) is 0.512. The molecule has 4 aromatic rings. The third kappa shape index (κ3) is 4.42. The quantitative estimate of drug-likeness (QED) is 0.180. The Balaban J connectivity index is 1.22. The Hall–Kier alpha value is -3.88. The number of methoxy groups -OCH3 is 2. The third-order valence-corrected chi connectivity index (χ3v) is 13.5. The van der Waals surface area contributed by atoms with Gasteiger partial charge in [-0.25, -0.2) is 0 Å². The highest BCUT2D eigenvalue weighted by Gasteiger charge is 2.62. The second kappa shape index (κ2) is 11.6. The van der Waals surface area contributed by atoms with Crippen LogP contribution in [0.5, 0.6) is 0 Å². The SMILES string of the molecule is C/C=C1/CN[C@H]2Cc3c([nH]c4ccccc34)[C@@H](c3ccc4c5c([nH]c4c3)[C@]3(C(=O)OC)C[C@H]4C[C@@H](CC)[C@@H]3N(CC5)C4)C[C@@H]1[C@@H]2C(=O)OC. The number of allylic oxidation sites excluding steroid dienone is 1. The second-order valence-electron chi connectivity index (χ2n) is 15.5. The van der Waals surface area contributed by atoms with Crippen LogP contribution in [0.2, 0.25) is 0 Å². The molecule has 0 amide bonds. The molecular weight excluding hydrogens is 612 g/mol. The van der Waals surface area contributed by atoms with E-state index in [0.717, 1.165) is 68.5 Å². The highest BCUT2D eigenvalue weighted by Crippen LogP contribution is 2.56. The number of hydrogen-bond donors (Lipinski definition) is 3. The molecular formula is C41H48N4O4. The van der Waals surface area contributed by atoms with E-state index in [0.29, 0.717) is 11.8 Å². The van der Waals surface area contributed by atoms with Gasteiger partial charge in [0.05, 0.1) is 20.1 Å². The molecule has 6 aliphatic rings. The van der Waals surface area contributed by atoms with E-state index in [4.69, 9.17) is 9.47 Å². The monoisotopic (exact) mass is 660 g/mol. The second-order valence-corrected chi connectivity index (χ2v) is 15.5. The van der Waals surface area contributed by atoms with Gasteiger partial charge >= 0.3 is 11.9 Å². The van der Waals surface area contributed by atoms with Crippen LogP contribution in [0.4, 0.5) is 0 Å². The Labute approximate surface area is 288 Å². The first-order chi connectivity index (χ1) is 23.9. The van der Waals surface area contributed by atoms with Gasteiger partial charge in [0.1, 0.15) is 5.41 Å². The number of aromatic amines is 2. The van der Waals surface area contributed by atoms with Crippen molar-refractivity contribution in [2.24, 2.45) is 23.7 Å². The molecule has 2 aromatic carbocycles. The molecule has 49 heavy (non-hydrogen) atoms. The fourth-order valence-corrected chi connectivity index (χ4v) is 11.5. The van der Waals surface area contributed by atoms with E-state index in [9.17, 15) is 9.59 Å². The molecule has 2 aromatic heterocycles. The lowest BCUT2D eigenvalue weighted by atomic mass is 9.56. The zero-order valence-electron chi connectivity index (χ0n) is 29.1. The zero-order chi connectivity index (χ0) is 33.6. The number of carbonyl (C=O) groups is 2. The van der Waals surface area contributed by atoms with E-state index >= 15 is 0 Å². The van der Waals surface area contributed by atoms with E-state index in [1.54, 1.807) is 7.11 Å². The lowest BCUT2D eigenvalue weighted by molar-refractivity contribution is -0.162. The minimum Gasteiger partial charge on any atom is -0.469 e. The molecule has 2 aliphatic carbocycles. The van der Waals surface area contributed by atoms with Gasteiger partial charge in [-0.1, -0.05) is 55.3 Å². The van der Waals surface area contributed by atoms with Gasteiger partial charge in [0.2, 0.25) is 0 Å². The van der Waals surface area contributed by atoms with Crippen LogP contribution in [-0.2, 0) is 37.3 Å². The summed E-state index contributed by atoms with van der Waals surface area (Å²) in [5, 5.41) is 6.15. The lowest BCUT2D eigenvalue weighted by Gasteiger charge is -2.57. The molecule has 4 aliphatic heterocycles. The van der Waals surface area contributed by atoms with Crippen LogP contribution in [0.3, 0.4) is 0 Å². The first-order valence-corrected chi connectivity index (χ1v) is 18.4. The van der Waals surface area contributed by atoms with Crippen molar-refractivity contribution < 1.29 is 19.1 Å². The molecule has 10 rings (SSSR count). The number of H-pyrrole nitrogens is 2. The van der Waals surface area contributed by atoms with Crippen molar-refractivity contribution in [2.45, 2.75) is 75.8 Å². The van der Waals surface area contributed by atoms with Gasteiger partial charge < -0.3 is 24.8 Å². The Bertz CT molecular complexity index is 2010. The molecule has 0 radical (unpaired) electrons. The average Bonchev–Trinajstić information content (AvgIpc) is 3.66. The standard InChI is InChI=1S/C41H48N4O4/c1-5-23-15-22-19-41(40(47)49-4)37-28(13-14-45(21-22)38(23)41)27-12-11-25(16-33(27)44-37)30-17-29-24(6-2)20-42-34(35(29)39(46)48-3)18-31-26-9-7-8-10-32(26)43-36(30)31/h6-12,16,22-23,29-30,34-35,38,42-44H,5,13-15,17-21H2,1-4H3/b24-6-/t22-,23-,29+,30-,34+,35+,38+,41-/m1/s1. The van der Waals surface area contributed by atoms with Crippen LogP contribution >= 0.6 is 0 Å². The third-order valence-electron chi connectivity index (χ3n) is 13.5. The van der Waals surface area contributed by atoms with Crippen molar-refractivity contribution in [1.82, 2.24) is 20.2 Å².